The number of hydrogen-bond donors (Lipinski definition) is 9. The predicted molar refractivity (Wildman–Crippen MR) is 245 cm³/mol. The molecule has 12 atom stereocenters. The third-order valence-corrected chi connectivity index (χ3v) is 13.1. The number of aliphatic hydroxyl groups excluding tert-OH is 8. The van der Waals surface area contributed by atoms with Gasteiger partial charge in [-0.1, -0.05) is 194 Å². The van der Waals surface area contributed by atoms with Crippen molar-refractivity contribution in [2.24, 2.45) is 0 Å². The van der Waals surface area contributed by atoms with Crippen LogP contribution >= 0.6 is 0 Å². The Morgan fingerprint density at radius 2 is 0.905 bits per heavy atom. The van der Waals surface area contributed by atoms with Crippen LogP contribution in [0.15, 0.2) is 0 Å². The molecule has 374 valence electrons. The standard InChI is InChI=1S/C49H95NO13/c1-3-5-7-9-11-13-15-16-17-18-19-20-21-23-24-26-28-30-32-38(53)37(50-41(54)33-31-29-27-25-22-14-12-10-8-6-4-2)36-60-48-46(59)44(57)47(40(35-52)62-48)63-49-45(58)43(56)42(55)39(34-51)61-49/h37-40,42-49,51-53,55-59H,3-36H2,1-2H3,(H,50,54). The van der Waals surface area contributed by atoms with E-state index in [1.54, 1.807) is 0 Å². The molecular formula is C49H95NO13. The third-order valence-electron chi connectivity index (χ3n) is 13.1. The van der Waals surface area contributed by atoms with Crippen molar-refractivity contribution in [2.45, 2.75) is 286 Å². The summed E-state index contributed by atoms with van der Waals surface area (Å²) >= 11 is 0. The first-order valence-corrected chi connectivity index (χ1v) is 25.8. The molecule has 12 unspecified atom stereocenters. The summed E-state index contributed by atoms with van der Waals surface area (Å²) in [6.07, 6.45) is 19.6. The highest BCUT2D eigenvalue weighted by atomic mass is 16.7. The van der Waals surface area contributed by atoms with Crippen LogP contribution in [0.1, 0.15) is 213 Å². The normalized spacial score (nSPS) is 27.4. The van der Waals surface area contributed by atoms with Gasteiger partial charge in [-0.3, -0.25) is 4.79 Å². The monoisotopic (exact) mass is 906 g/mol. The zero-order valence-corrected chi connectivity index (χ0v) is 39.6. The van der Waals surface area contributed by atoms with E-state index in [1.165, 1.54) is 135 Å². The molecule has 2 aliphatic heterocycles. The van der Waals surface area contributed by atoms with Gasteiger partial charge in [0.25, 0.3) is 0 Å². The first-order chi connectivity index (χ1) is 30.6. The zero-order valence-electron chi connectivity index (χ0n) is 39.6. The van der Waals surface area contributed by atoms with Gasteiger partial charge in [-0.25, -0.2) is 0 Å². The minimum absolute atomic E-state index is 0.206. The molecule has 0 radical (unpaired) electrons. The van der Waals surface area contributed by atoms with Crippen LogP contribution in [0, 0.1) is 0 Å². The van der Waals surface area contributed by atoms with Crippen molar-refractivity contribution in [3.8, 4) is 0 Å². The Kier molecular flexibility index (Phi) is 34.2. The van der Waals surface area contributed by atoms with Gasteiger partial charge in [-0.05, 0) is 12.8 Å². The summed E-state index contributed by atoms with van der Waals surface area (Å²) in [6, 6.07) is -0.820. The van der Waals surface area contributed by atoms with Gasteiger partial charge in [0, 0.05) is 6.42 Å². The number of nitrogens with one attached hydrogen (secondary N) is 1. The minimum Gasteiger partial charge on any atom is -0.394 e. The largest absolute Gasteiger partial charge is 0.394 e. The van der Waals surface area contributed by atoms with Gasteiger partial charge in [0.05, 0.1) is 32.0 Å². The van der Waals surface area contributed by atoms with Crippen LogP contribution in [0.3, 0.4) is 0 Å². The summed E-state index contributed by atoms with van der Waals surface area (Å²) < 4.78 is 22.7. The maximum atomic E-state index is 13.1. The molecule has 0 aliphatic carbocycles. The summed E-state index contributed by atoms with van der Waals surface area (Å²) in [7, 11) is 0. The summed E-state index contributed by atoms with van der Waals surface area (Å²) in [5, 5.41) is 86.8. The molecule has 0 saturated carbocycles. The molecule has 2 rings (SSSR count). The number of carbonyl (C=O) groups is 1. The topological polar surface area (TPSA) is 228 Å². The highest BCUT2D eigenvalue weighted by Crippen LogP contribution is 2.30. The zero-order chi connectivity index (χ0) is 46.1. The molecule has 0 bridgehead atoms. The van der Waals surface area contributed by atoms with Crippen molar-refractivity contribution in [1.29, 1.82) is 0 Å². The van der Waals surface area contributed by atoms with E-state index in [2.05, 4.69) is 19.2 Å². The van der Waals surface area contributed by atoms with Gasteiger partial charge in [0.1, 0.15) is 48.8 Å². The maximum Gasteiger partial charge on any atom is 0.220 e. The van der Waals surface area contributed by atoms with E-state index < -0.39 is 86.8 Å². The van der Waals surface area contributed by atoms with Crippen LogP contribution in [0.25, 0.3) is 0 Å². The van der Waals surface area contributed by atoms with Crippen LogP contribution in [0.5, 0.6) is 0 Å². The number of aliphatic hydroxyl groups is 8. The minimum atomic E-state index is -1.78. The second kappa shape index (κ2) is 37.0. The maximum absolute atomic E-state index is 13.1. The Labute approximate surface area is 381 Å². The smallest absolute Gasteiger partial charge is 0.220 e. The number of rotatable bonds is 40. The fourth-order valence-electron chi connectivity index (χ4n) is 8.83. The number of unbranched alkanes of at least 4 members (excludes halogenated alkanes) is 27. The van der Waals surface area contributed by atoms with Crippen molar-refractivity contribution in [1.82, 2.24) is 5.32 Å². The average molecular weight is 906 g/mol. The summed E-state index contributed by atoms with van der Waals surface area (Å²) in [4.78, 5) is 13.1. The fourth-order valence-corrected chi connectivity index (χ4v) is 8.83. The molecule has 63 heavy (non-hydrogen) atoms. The molecular weight excluding hydrogens is 811 g/mol. The van der Waals surface area contributed by atoms with Gasteiger partial charge >= 0.3 is 0 Å². The van der Waals surface area contributed by atoms with Crippen LogP contribution in [0.4, 0.5) is 0 Å². The van der Waals surface area contributed by atoms with Gasteiger partial charge in [-0.2, -0.15) is 0 Å². The van der Waals surface area contributed by atoms with E-state index in [9.17, 15) is 45.6 Å². The van der Waals surface area contributed by atoms with E-state index in [4.69, 9.17) is 18.9 Å². The van der Waals surface area contributed by atoms with Crippen molar-refractivity contribution in [3.63, 3.8) is 0 Å². The summed E-state index contributed by atoms with van der Waals surface area (Å²) in [5.41, 5.74) is 0. The average Bonchev–Trinajstić information content (AvgIpc) is 3.28. The summed E-state index contributed by atoms with van der Waals surface area (Å²) in [6.45, 7) is 2.85. The van der Waals surface area contributed by atoms with Crippen LogP contribution < -0.4 is 5.32 Å². The van der Waals surface area contributed by atoms with Gasteiger partial charge in [0.15, 0.2) is 12.6 Å². The Hall–Kier alpha value is -1.01. The molecule has 2 aliphatic rings. The Balaban J connectivity index is 1.81. The number of ether oxygens (including phenoxy) is 4. The van der Waals surface area contributed by atoms with Crippen molar-refractivity contribution >= 4 is 5.91 Å². The van der Waals surface area contributed by atoms with Crippen LogP contribution in [-0.2, 0) is 23.7 Å². The van der Waals surface area contributed by atoms with Gasteiger partial charge in [-0.15, -0.1) is 0 Å². The number of hydrogen-bond acceptors (Lipinski definition) is 13. The fraction of sp³-hybridized carbons (Fsp3) is 0.980. The molecule has 2 heterocycles. The van der Waals surface area contributed by atoms with E-state index in [1.807, 2.05) is 0 Å². The quantitative estimate of drug-likeness (QED) is 0.0296. The second-order valence-corrected chi connectivity index (χ2v) is 18.7. The Morgan fingerprint density at radius 3 is 1.35 bits per heavy atom. The van der Waals surface area contributed by atoms with E-state index in [-0.39, 0.29) is 12.5 Å². The first kappa shape index (κ1) is 58.1. The molecule has 0 aromatic carbocycles. The molecule has 2 fully saturated rings. The van der Waals surface area contributed by atoms with Crippen molar-refractivity contribution < 1.29 is 64.6 Å². The van der Waals surface area contributed by atoms with Crippen molar-refractivity contribution in [2.75, 3.05) is 19.8 Å². The molecule has 0 aromatic rings. The highest BCUT2D eigenvalue weighted by Gasteiger charge is 2.51. The molecule has 2 saturated heterocycles. The van der Waals surface area contributed by atoms with Crippen LogP contribution in [-0.4, -0.2) is 140 Å². The molecule has 9 N–H and O–H groups in total. The third kappa shape index (κ3) is 24.5. The first-order valence-electron chi connectivity index (χ1n) is 25.8. The second-order valence-electron chi connectivity index (χ2n) is 18.7. The Morgan fingerprint density at radius 1 is 0.508 bits per heavy atom. The predicted octanol–water partition coefficient (Wildman–Crippen LogP) is 6.61. The van der Waals surface area contributed by atoms with E-state index in [0.29, 0.717) is 12.8 Å². The molecule has 0 aromatic heterocycles. The molecule has 14 nitrogen and oxygen atoms in total. The summed E-state index contributed by atoms with van der Waals surface area (Å²) in [5.74, 6) is -0.206. The number of carbonyl (C=O) groups excluding carboxylic acids is 1. The molecule has 0 spiro atoms. The van der Waals surface area contributed by atoms with E-state index >= 15 is 0 Å². The lowest BCUT2D eigenvalue weighted by molar-refractivity contribution is -0.359. The Bertz CT molecular complexity index is 1070. The van der Waals surface area contributed by atoms with Crippen LogP contribution in [0.2, 0.25) is 0 Å². The SMILES string of the molecule is CCCCCCCCCCCCCCCCCCCCC(O)C(COC1OC(CO)C(OC2OC(CO)C(O)C(O)C2O)C(O)C1O)NC(=O)CCCCCCCCCCCCC. The highest BCUT2D eigenvalue weighted by molar-refractivity contribution is 5.76. The lowest BCUT2D eigenvalue weighted by atomic mass is 9.97. The van der Waals surface area contributed by atoms with E-state index in [0.717, 1.165) is 51.4 Å². The lowest BCUT2D eigenvalue weighted by Crippen LogP contribution is -2.65. The lowest BCUT2D eigenvalue weighted by Gasteiger charge is -2.46. The van der Waals surface area contributed by atoms with Crippen molar-refractivity contribution in [3.05, 3.63) is 0 Å². The molecule has 1 amide bonds. The van der Waals surface area contributed by atoms with Gasteiger partial charge < -0.3 is 65.1 Å². The number of amides is 1. The molecule has 14 heteroatoms. The van der Waals surface area contributed by atoms with Gasteiger partial charge in [0.2, 0.25) is 5.91 Å².